The molecule has 2 nitrogen and oxygen atoms in total. The third-order valence-electron chi connectivity index (χ3n) is 3.46. The van der Waals surface area contributed by atoms with E-state index in [0.717, 1.165) is 29.2 Å². The van der Waals surface area contributed by atoms with Crippen LogP contribution in [0.2, 0.25) is 5.02 Å². The second-order valence-electron chi connectivity index (χ2n) is 4.56. The van der Waals surface area contributed by atoms with Crippen LogP contribution in [0, 0.1) is 0 Å². The number of ether oxygens (including phenoxy) is 1. The summed E-state index contributed by atoms with van der Waals surface area (Å²) in [5, 5.41) is 0.726. The summed E-state index contributed by atoms with van der Waals surface area (Å²) < 4.78 is 5.15. The molecule has 0 saturated heterocycles. The topological polar surface area (TPSA) is 35.2 Å². The molecular formula is C13H18ClNO. The van der Waals surface area contributed by atoms with E-state index in [0.29, 0.717) is 0 Å². The molecular weight excluding hydrogens is 222 g/mol. The molecule has 1 fully saturated rings. The number of hydrogen-bond acceptors (Lipinski definition) is 2. The molecule has 3 heteroatoms. The highest BCUT2D eigenvalue weighted by Gasteiger charge is 2.31. The van der Waals surface area contributed by atoms with E-state index in [-0.39, 0.29) is 5.54 Å². The van der Waals surface area contributed by atoms with Crippen molar-refractivity contribution in [3.8, 4) is 5.75 Å². The molecule has 1 aliphatic carbocycles. The van der Waals surface area contributed by atoms with Gasteiger partial charge in [-0.05, 0) is 30.5 Å². The lowest BCUT2D eigenvalue weighted by Gasteiger charge is -2.34. The summed E-state index contributed by atoms with van der Waals surface area (Å²) in [7, 11) is 1.64. The fraction of sp³-hybridized carbons (Fsp3) is 0.538. The Morgan fingerprint density at radius 2 is 1.94 bits per heavy atom. The number of methoxy groups -OCH3 is 1. The van der Waals surface area contributed by atoms with E-state index in [4.69, 9.17) is 22.1 Å². The first-order valence-electron chi connectivity index (χ1n) is 5.79. The van der Waals surface area contributed by atoms with Crippen LogP contribution in [-0.2, 0) is 5.54 Å². The van der Waals surface area contributed by atoms with Crippen LogP contribution in [0.25, 0.3) is 0 Å². The van der Waals surface area contributed by atoms with Crippen molar-refractivity contribution in [3.05, 3.63) is 28.8 Å². The molecule has 0 radical (unpaired) electrons. The summed E-state index contributed by atoms with van der Waals surface area (Å²) in [6, 6.07) is 5.79. The molecule has 0 aromatic heterocycles. The van der Waals surface area contributed by atoms with Crippen LogP contribution in [0.15, 0.2) is 18.2 Å². The summed E-state index contributed by atoms with van der Waals surface area (Å²) in [6.07, 6.45) is 5.72. The summed E-state index contributed by atoms with van der Waals surface area (Å²) in [5.74, 6) is 0.785. The van der Waals surface area contributed by atoms with Gasteiger partial charge in [-0.1, -0.05) is 36.9 Å². The van der Waals surface area contributed by atoms with Gasteiger partial charge in [0.1, 0.15) is 5.75 Å². The maximum atomic E-state index is 6.45. The van der Waals surface area contributed by atoms with Crippen LogP contribution < -0.4 is 10.5 Å². The summed E-state index contributed by atoms with van der Waals surface area (Å²) in [4.78, 5) is 0. The van der Waals surface area contributed by atoms with Crippen LogP contribution in [0.1, 0.15) is 37.7 Å². The largest absolute Gasteiger partial charge is 0.497 e. The van der Waals surface area contributed by atoms with Crippen molar-refractivity contribution in [1.29, 1.82) is 0 Å². The normalized spacial score (nSPS) is 19.4. The molecule has 1 aromatic rings. The molecule has 0 unspecified atom stereocenters. The SMILES string of the molecule is COc1ccc(C2(N)CCCCC2)c(Cl)c1. The monoisotopic (exact) mass is 239 g/mol. The fourth-order valence-corrected chi connectivity index (χ4v) is 2.84. The summed E-state index contributed by atoms with van der Waals surface area (Å²) in [5.41, 5.74) is 7.28. The van der Waals surface area contributed by atoms with E-state index >= 15 is 0 Å². The minimum absolute atomic E-state index is 0.235. The third-order valence-corrected chi connectivity index (χ3v) is 3.77. The molecule has 0 aliphatic heterocycles. The maximum Gasteiger partial charge on any atom is 0.120 e. The van der Waals surface area contributed by atoms with Gasteiger partial charge in [-0.25, -0.2) is 0 Å². The van der Waals surface area contributed by atoms with E-state index in [2.05, 4.69) is 0 Å². The van der Waals surface area contributed by atoms with E-state index in [9.17, 15) is 0 Å². The van der Waals surface area contributed by atoms with Gasteiger partial charge in [-0.15, -0.1) is 0 Å². The molecule has 2 N–H and O–H groups in total. The number of benzene rings is 1. The molecule has 1 saturated carbocycles. The average Bonchev–Trinajstić information content (AvgIpc) is 2.29. The Kier molecular flexibility index (Phi) is 3.41. The van der Waals surface area contributed by atoms with Crippen LogP contribution >= 0.6 is 11.6 Å². The summed E-state index contributed by atoms with van der Waals surface area (Å²) in [6.45, 7) is 0. The van der Waals surface area contributed by atoms with Crippen LogP contribution in [0.4, 0.5) is 0 Å². The highest BCUT2D eigenvalue weighted by atomic mass is 35.5. The lowest BCUT2D eigenvalue weighted by Crippen LogP contribution is -2.38. The highest BCUT2D eigenvalue weighted by Crippen LogP contribution is 2.39. The Labute approximate surface area is 102 Å². The average molecular weight is 240 g/mol. The Morgan fingerprint density at radius 1 is 1.25 bits per heavy atom. The molecule has 0 amide bonds. The minimum atomic E-state index is -0.235. The van der Waals surface area contributed by atoms with E-state index in [1.165, 1.54) is 19.3 Å². The number of nitrogens with two attached hydrogens (primary N) is 1. The molecule has 2 rings (SSSR count). The first-order valence-corrected chi connectivity index (χ1v) is 6.16. The van der Waals surface area contributed by atoms with Crippen molar-refractivity contribution in [1.82, 2.24) is 0 Å². The van der Waals surface area contributed by atoms with Crippen molar-refractivity contribution in [3.63, 3.8) is 0 Å². The second kappa shape index (κ2) is 4.64. The zero-order valence-electron chi connectivity index (χ0n) is 9.63. The molecule has 0 bridgehead atoms. The maximum absolute atomic E-state index is 6.45. The van der Waals surface area contributed by atoms with Gasteiger partial charge in [0.05, 0.1) is 7.11 Å². The van der Waals surface area contributed by atoms with Crippen molar-refractivity contribution < 1.29 is 4.74 Å². The molecule has 0 atom stereocenters. The van der Waals surface area contributed by atoms with E-state index in [1.54, 1.807) is 7.11 Å². The van der Waals surface area contributed by atoms with E-state index in [1.807, 2.05) is 18.2 Å². The Bertz CT molecular complexity index is 372. The standard InChI is InChI=1S/C13H18ClNO/c1-16-10-5-6-11(12(14)9-10)13(15)7-3-2-4-8-13/h5-6,9H,2-4,7-8,15H2,1H3. The van der Waals surface area contributed by atoms with Crippen molar-refractivity contribution in [2.45, 2.75) is 37.6 Å². The van der Waals surface area contributed by atoms with Crippen LogP contribution in [0.3, 0.4) is 0 Å². The van der Waals surface area contributed by atoms with E-state index < -0.39 is 0 Å². The molecule has 88 valence electrons. The van der Waals surface area contributed by atoms with Gasteiger partial charge in [0.25, 0.3) is 0 Å². The van der Waals surface area contributed by atoms with Gasteiger partial charge in [-0.3, -0.25) is 0 Å². The first-order chi connectivity index (χ1) is 7.65. The Hall–Kier alpha value is -0.730. The fourth-order valence-electron chi connectivity index (χ4n) is 2.48. The predicted octanol–water partition coefficient (Wildman–Crippen LogP) is 3.47. The first kappa shape index (κ1) is 11.7. The quantitative estimate of drug-likeness (QED) is 0.858. The smallest absolute Gasteiger partial charge is 0.120 e. The van der Waals surface area contributed by atoms with Gasteiger partial charge < -0.3 is 10.5 Å². The molecule has 0 spiro atoms. The second-order valence-corrected chi connectivity index (χ2v) is 4.97. The number of rotatable bonds is 2. The van der Waals surface area contributed by atoms with Crippen molar-refractivity contribution in [2.75, 3.05) is 7.11 Å². The van der Waals surface area contributed by atoms with Crippen molar-refractivity contribution in [2.24, 2.45) is 5.73 Å². The predicted molar refractivity (Wildman–Crippen MR) is 67.0 cm³/mol. The Morgan fingerprint density at radius 3 is 2.50 bits per heavy atom. The lowest BCUT2D eigenvalue weighted by atomic mass is 9.77. The number of hydrogen-bond donors (Lipinski definition) is 1. The third kappa shape index (κ3) is 2.18. The minimum Gasteiger partial charge on any atom is -0.497 e. The van der Waals surface area contributed by atoms with Gasteiger partial charge in [0.2, 0.25) is 0 Å². The van der Waals surface area contributed by atoms with Gasteiger partial charge in [0, 0.05) is 10.6 Å². The molecule has 0 heterocycles. The van der Waals surface area contributed by atoms with Gasteiger partial charge in [0.15, 0.2) is 0 Å². The molecule has 16 heavy (non-hydrogen) atoms. The zero-order chi connectivity index (χ0) is 11.6. The van der Waals surface area contributed by atoms with Gasteiger partial charge in [-0.2, -0.15) is 0 Å². The lowest BCUT2D eigenvalue weighted by molar-refractivity contribution is 0.302. The van der Waals surface area contributed by atoms with Crippen LogP contribution in [-0.4, -0.2) is 7.11 Å². The zero-order valence-corrected chi connectivity index (χ0v) is 10.4. The molecule has 1 aromatic carbocycles. The van der Waals surface area contributed by atoms with Crippen LogP contribution in [0.5, 0.6) is 5.75 Å². The Balaban J connectivity index is 2.32. The number of halogens is 1. The molecule has 1 aliphatic rings. The summed E-state index contributed by atoms with van der Waals surface area (Å²) >= 11 is 6.27. The van der Waals surface area contributed by atoms with Gasteiger partial charge >= 0.3 is 0 Å². The van der Waals surface area contributed by atoms with Crippen molar-refractivity contribution >= 4 is 11.6 Å². The highest BCUT2D eigenvalue weighted by molar-refractivity contribution is 6.31.